The van der Waals surface area contributed by atoms with Crippen LogP contribution in [0.15, 0.2) is 39.5 Å². The van der Waals surface area contributed by atoms with Gasteiger partial charge < -0.3 is 50.1 Å². The molecule has 0 atom stereocenters. The van der Waals surface area contributed by atoms with Crippen LogP contribution in [0.1, 0.15) is 194 Å². The van der Waals surface area contributed by atoms with Gasteiger partial charge in [0.25, 0.3) is 0 Å². The van der Waals surface area contributed by atoms with E-state index in [9.17, 15) is 34.8 Å². The first-order valence-corrected chi connectivity index (χ1v) is 25.5. The average molecular weight is 927 g/mol. The maximum Gasteiger partial charge on any atom is 0.239 e. The molecule has 0 bridgehead atoms. The number of benzene rings is 2. The van der Waals surface area contributed by atoms with Gasteiger partial charge in [-0.05, 0) is 31.0 Å². The van der Waals surface area contributed by atoms with E-state index in [1.807, 2.05) is 0 Å². The molecule has 3 rings (SSSR count). The van der Waals surface area contributed by atoms with Crippen molar-refractivity contribution in [3.8, 4) is 40.1 Å². The highest BCUT2D eigenvalue weighted by Gasteiger charge is 2.21. The molecule has 0 saturated heterocycles. The number of aromatic hydroxyl groups is 4. The minimum absolute atomic E-state index is 0.000619. The number of fused-ring (bicyclic) bond motifs is 1. The number of aliphatic hydroxyl groups is 1. The zero-order chi connectivity index (χ0) is 48.0. The van der Waals surface area contributed by atoms with Crippen molar-refractivity contribution in [1.29, 1.82) is 0 Å². The number of ether oxygens (including phenoxy) is 2. The van der Waals surface area contributed by atoms with E-state index in [2.05, 4.69) is 24.5 Å². The molecule has 0 spiro atoms. The summed E-state index contributed by atoms with van der Waals surface area (Å²) in [5.74, 6) is -1.79. The van der Waals surface area contributed by atoms with E-state index in [1.54, 1.807) is 0 Å². The molecule has 2 amide bonds. The number of phenolic OH excluding ortho intramolecular Hbond substituents is 4. The van der Waals surface area contributed by atoms with Gasteiger partial charge in [-0.15, -0.1) is 0 Å². The van der Waals surface area contributed by atoms with Crippen LogP contribution < -0.4 is 20.8 Å². The van der Waals surface area contributed by atoms with Gasteiger partial charge in [0.05, 0.1) is 19.8 Å². The van der Waals surface area contributed by atoms with Crippen LogP contribution in [0.4, 0.5) is 0 Å². The van der Waals surface area contributed by atoms with E-state index >= 15 is 0 Å². The summed E-state index contributed by atoms with van der Waals surface area (Å²) in [5, 5.41) is 53.7. The number of hydrogen-bond acceptors (Lipinski definition) is 11. The van der Waals surface area contributed by atoms with Crippen LogP contribution in [0.5, 0.6) is 28.7 Å². The van der Waals surface area contributed by atoms with Gasteiger partial charge in [-0.3, -0.25) is 14.4 Å². The number of carbonyl (C=O) groups excluding carboxylic acids is 2. The van der Waals surface area contributed by atoms with Crippen molar-refractivity contribution in [3.05, 3.63) is 40.6 Å². The number of amides is 2. The Morgan fingerprint density at radius 2 is 1.02 bits per heavy atom. The minimum Gasteiger partial charge on any atom is -0.508 e. The summed E-state index contributed by atoms with van der Waals surface area (Å²) in [6.45, 7) is 5.61. The zero-order valence-electron chi connectivity index (χ0n) is 40.6. The molecule has 0 aliphatic heterocycles. The maximum absolute atomic E-state index is 13.3. The Kier molecular flexibility index (Phi) is 32.8. The molecule has 0 unspecified atom stereocenters. The van der Waals surface area contributed by atoms with E-state index in [0.717, 1.165) is 31.7 Å². The Labute approximate surface area is 395 Å². The highest BCUT2D eigenvalue weighted by molar-refractivity contribution is 5.88. The normalized spacial score (nSPS) is 11.1. The molecule has 66 heavy (non-hydrogen) atoms. The summed E-state index contributed by atoms with van der Waals surface area (Å²) in [4.78, 5) is 36.7. The first kappa shape index (κ1) is 57.6. The predicted molar refractivity (Wildman–Crippen MR) is 265 cm³/mol. The topological polar surface area (TPSA) is 208 Å². The van der Waals surface area contributed by atoms with Crippen LogP contribution in [0.2, 0.25) is 0 Å². The molecule has 0 saturated carbocycles. The van der Waals surface area contributed by atoms with E-state index in [0.29, 0.717) is 25.9 Å². The van der Waals surface area contributed by atoms with Crippen molar-refractivity contribution < 1.29 is 49.0 Å². The van der Waals surface area contributed by atoms with Gasteiger partial charge in [0.15, 0.2) is 17.3 Å². The highest BCUT2D eigenvalue weighted by atomic mass is 16.5. The summed E-state index contributed by atoms with van der Waals surface area (Å²) in [6.07, 6.45) is 34.8. The standard InChI is InChI=1S/C35H49NO9.C18H37NO2/c1-2-3-4-5-6-7-8-9-10-11-12-13-14-15-31(41)36-18-19-43-20-21-44-35-33(42)32-29(40)23-26(37)24-30(32)45-34(35)25-16-17-27(38)28(39)22-25;1-2-3-4-5-6-7-8-9-10-11-12-13-14-15-18(21)19-16-17-20/h16-17,22-24,37-40H,2-15,18-21H2,1H3,(H,36,41);20H,2-17H2,1H3,(H,19,21). The Morgan fingerprint density at radius 1 is 0.545 bits per heavy atom. The molecule has 0 aliphatic carbocycles. The fourth-order valence-corrected chi connectivity index (χ4v) is 7.80. The fourth-order valence-electron chi connectivity index (χ4n) is 7.80. The first-order valence-electron chi connectivity index (χ1n) is 25.5. The molecule has 13 nitrogen and oxygen atoms in total. The number of unbranched alkanes of at least 4 members (excludes halogenated alkanes) is 24. The number of phenols is 4. The Morgan fingerprint density at radius 3 is 1.48 bits per heavy atom. The van der Waals surface area contributed by atoms with Gasteiger partial charge in [0.1, 0.15) is 29.1 Å². The van der Waals surface area contributed by atoms with E-state index < -0.39 is 16.9 Å². The Hall–Kier alpha value is -4.49. The number of hydrogen-bond donors (Lipinski definition) is 7. The molecular formula is C53H86N2O11. The average Bonchev–Trinajstić information content (AvgIpc) is 3.29. The number of carbonyl (C=O) groups is 2. The predicted octanol–water partition coefficient (Wildman–Crippen LogP) is 11.9. The molecule has 374 valence electrons. The van der Waals surface area contributed by atoms with Crippen molar-refractivity contribution in [2.24, 2.45) is 0 Å². The lowest BCUT2D eigenvalue weighted by Crippen LogP contribution is -2.27. The summed E-state index contributed by atoms with van der Waals surface area (Å²) >= 11 is 0. The zero-order valence-corrected chi connectivity index (χ0v) is 40.6. The first-order chi connectivity index (χ1) is 32.1. The molecule has 13 heteroatoms. The van der Waals surface area contributed by atoms with Crippen LogP contribution in [-0.2, 0) is 14.3 Å². The summed E-state index contributed by atoms with van der Waals surface area (Å²) in [7, 11) is 0. The second-order valence-electron chi connectivity index (χ2n) is 17.5. The quantitative estimate of drug-likeness (QED) is 0.0212. The molecule has 0 radical (unpaired) electrons. The molecule has 2 aromatic carbocycles. The van der Waals surface area contributed by atoms with Gasteiger partial charge in [0, 0.05) is 43.6 Å². The van der Waals surface area contributed by atoms with E-state index in [4.69, 9.17) is 19.0 Å². The van der Waals surface area contributed by atoms with Crippen molar-refractivity contribution in [3.63, 3.8) is 0 Å². The van der Waals surface area contributed by atoms with Crippen molar-refractivity contribution in [2.45, 2.75) is 194 Å². The number of aliphatic hydroxyl groups excluding tert-OH is 1. The molecule has 3 aromatic rings. The summed E-state index contributed by atoms with van der Waals surface area (Å²) < 4.78 is 17.1. The van der Waals surface area contributed by atoms with Crippen LogP contribution in [0.3, 0.4) is 0 Å². The van der Waals surface area contributed by atoms with Crippen LogP contribution in [-0.4, -0.2) is 76.9 Å². The van der Waals surface area contributed by atoms with Crippen molar-refractivity contribution >= 4 is 22.8 Å². The fraction of sp³-hybridized carbons (Fsp3) is 0.679. The number of nitrogens with one attached hydrogen (secondary N) is 2. The summed E-state index contributed by atoms with van der Waals surface area (Å²) in [6, 6.07) is 6.05. The summed E-state index contributed by atoms with van der Waals surface area (Å²) in [5.41, 5.74) is -0.538. The molecule has 0 fully saturated rings. The van der Waals surface area contributed by atoms with Gasteiger partial charge in [0.2, 0.25) is 23.0 Å². The smallest absolute Gasteiger partial charge is 0.239 e. The largest absolute Gasteiger partial charge is 0.508 e. The minimum atomic E-state index is -0.684. The number of rotatable bonds is 38. The highest BCUT2D eigenvalue weighted by Crippen LogP contribution is 2.38. The maximum atomic E-state index is 13.3. The third kappa shape index (κ3) is 26.0. The lowest BCUT2D eigenvalue weighted by Gasteiger charge is -2.13. The van der Waals surface area contributed by atoms with Gasteiger partial charge in [-0.1, -0.05) is 168 Å². The van der Waals surface area contributed by atoms with E-state index in [1.165, 1.54) is 166 Å². The molecule has 1 aromatic heterocycles. The lowest BCUT2D eigenvalue weighted by atomic mass is 10.0. The van der Waals surface area contributed by atoms with Gasteiger partial charge in [-0.25, -0.2) is 0 Å². The Bertz CT molecular complexity index is 1800. The Balaban J connectivity index is 0.000000599. The van der Waals surface area contributed by atoms with Gasteiger partial charge >= 0.3 is 0 Å². The van der Waals surface area contributed by atoms with E-state index in [-0.39, 0.29) is 77.8 Å². The third-order valence-electron chi connectivity index (χ3n) is 11.6. The van der Waals surface area contributed by atoms with Crippen LogP contribution in [0, 0.1) is 0 Å². The molecule has 7 N–H and O–H groups in total. The third-order valence-corrected chi connectivity index (χ3v) is 11.6. The molecule has 0 aliphatic rings. The van der Waals surface area contributed by atoms with Crippen molar-refractivity contribution in [1.82, 2.24) is 10.6 Å². The van der Waals surface area contributed by atoms with Crippen LogP contribution >= 0.6 is 0 Å². The van der Waals surface area contributed by atoms with Crippen LogP contribution in [0.25, 0.3) is 22.3 Å². The van der Waals surface area contributed by atoms with Gasteiger partial charge in [-0.2, -0.15) is 0 Å². The van der Waals surface area contributed by atoms with Crippen molar-refractivity contribution in [2.75, 3.05) is 39.5 Å². The monoisotopic (exact) mass is 927 g/mol. The SMILES string of the molecule is CCCCCCCCCCCCCCCC(=O)NCCO.CCCCCCCCCCCCCCCC(=O)NCCOCCOc1c(-c2ccc(O)c(O)c2)oc2cc(O)cc(O)c2c1=O. The molecule has 1 heterocycles. The molecular weight excluding hydrogens is 841 g/mol. The second kappa shape index (κ2) is 37.6. The second-order valence-corrected chi connectivity index (χ2v) is 17.5. The lowest BCUT2D eigenvalue weighted by molar-refractivity contribution is -0.122.